The molecule has 0 saturated heterocycles. The van der Waals surface area contributed by atoms with Gasteiger partial charge < -0.3 is 4.90 Å². The smallest absolute Gasteiger partial charge is 0.164 e. The summed E-state index contributed by atoms with van der Waals surface area (Å²) < 4.78 is 26.0. The fraction of sp³-hybridized carbons (Fsp3) is 0.533. The van der Waals surface area contributed by atoms with Crippen LogP contribution in [-0.2, 0) is 0 Å². The quantitative estimate of drug-likeness (QED) is 0.530. The highest BCUT2D eigenvalue weighted by molar-refractivity contribution is 5.96. The normalized spacial score (nSPS) is 11.0. The third kappa shape index (κ3) is 5.92. The Bertz CT molecular complexity index is 400. The van der Waals surface area contributed by atoms with Crippen LogP contribution in [0.2, 0.25) is 0 Å². The van der Waals surface area contributed by atoms with E-state index >= 15 is 0 Å². The first-order valence-corrected chi connectivity index (χ1v) is 6.70. The van der Waals surface area contributed by atoms with Gasteiger partial charge in [0.2, 0.25) is 0 Å². The topological polar surface area (TPSA) is 20.3 Å². The van der Waals surface area contributed by atoms with E-state index in [1.54, 1.807) is 0 Å². The van der Waals surface area contributed by atoms with Gasteiger partial charge >= 0.3 is 0 Å². The molecular formula is C15H21F2NO. The average molecular weight is 269 g/mol. The van der Waals surface area contributed by atoms with Crippen LogP contribution in [0.5, 0.6) is 0 Å². The average Bonchev–Trinajstić information content (AvgIpc) is 2.35. The van der Waals surface area contributed by atoms with Gasteiger partial charge in [-0.1, -0.05) is 19.8 Å². The van der Waals surface area contributed by atoms with Crippen molar-refractivity contribution in [2.75, 3.05) is 20.1 Å². The van der Waals surface area contributed by atoms with Crippen molar-refractivity contribution in [1.29, 1.82) is 0 Å². The first-order chi connectivity index (χ1) is 9.02. The van der Waals surface area contributed by atoms with Gasteiger partial charge in [-0.15, -0.1) is 0 Å². The van der Waals surface area contributed by atoms with Crippen molar-refractivity contribution in [3.05, 3.63) is 35.4 Å². The second kappa shape index (κ2) is 8.00. The first kappa shape index (κ1) is 15.8. The van der Waals surface area contributed by atoms with Crippen LogP contribution in [0.25, 0.3) is 0 Å². The lowest BCUT2D eigenvalue weighted by Crippen LogP contribution is -2.23. The van der Waals surface area contributed by atoms with E-state index in [4.69, 9.17) is 0 Å². The standard InChI is InChI=1S/C15H21F2NO/c1-3-4-5-7-18(2)8-6-15(19)12-9-13(16)11-14(17)10-12/h9-11H,3-8H2,1-2H3. The zero-order valence-corrected chi connectivity index (χ0v) is 11.6. The van der Waals surface area contributed by atoms with Crippen molar-refractivity contribution < 1.29 is 13.6 Å². The summed E-state index contributed by atoms with van der Waals surface area (Å²) in [7, 11) is 1.95. The van der Waals surface area contributed by atoms with E-state index in [0.29, 0.717) is 6.54 Å². The lowest BCUT2D eigenvalue weighted by Gasteiger charge is -2.15. The highest BCUT2D eigenvalue weighted by Gasteiger charge is 2.10. The molecule has 19 heavy (non-hydrogen) atoms. The Hall–Kier alpha value is -1.29. The number of ketones is 1. The van der Waals surface area contributed by atoms with E-state index in [-0.39, 0.29) is 17.8 Å². The molecule has 1 aromatic rings. The molecule has 0 atom stereocenters. The molecule has 0 radical (unpaired) electrons. The molecule has 0 saturated carbocycles. The zero-order chi connectivity index (χ0) is 14.3. The molecule has 4 heteroatoms. The van der Waals surface area contributed by atoms with E-state index in [0.717, 1.165) is 37.6 Å². The lowest BCUT2D eigenvalue weighted by atomic mass is 10.1. The van der Waals surface area contributed by atoms with Gasteiger partial charge in [0.15, 0.2) is 5.78 Å². The maximum absolute atomic E-state index is 13.0. The molecule has 0 heterocycles. The number of nitrogens with zero attached hydrogens (tertiary/aromatic N) is 1. The monoisotopic (exact) mass is 269 g/mol. The summed E-state index contributed by atoms with van der Waals surface area (Å²) in [6.07, 6.45) is 3.73. The van der Waals surface area contributed by atoms with Crippen molar-refractivity contribution in [3.8, 4) is 0 Å². The van der Waals surface area contributed by atoms with Crippen LogP contribution >= 0.6 is 0 Å². The Morgan fingerprint density at radius 2 is 1.74 bits per heavy atom. The summed E-state index contributed by atoms with van der Waals surface area (Å²) >= 11 is 0. The van der Waals surface area contributed by atoms with Crippen molar-refractivity contribution >= 4 is 5.78 Å². The van der Waals surface area contributed by atoms with Crippen LogP contribution in [0, 0.1) is 11.6 Å². The van der Waals surface area contributed by atoms with Crippen molar-refractivity contribution in [2.45, 2.75) is 32.6 Å². The van der Waals surface area contributed by atoms with Gasteiger partial charge in [0.25, 0.3) is 0 Å². The van der Waals surface area contributed by atoms with Crippen LogP contribution < -0.4 is 0 Å². The third-order valence-electron chi connectivity index (χ3n) is 3.05. The van der Waals surface area contributed by atoms with E-state index in [2.05, 4.69) is 11.8 Å². The van der Waals surface area contributed by atoms with Crippen molar-refractivity contribution in [2.24, 2.45) is 0 Å². The van der Waals surface area contributed by atoms with Gasteiger partial charge in [0.1, 0.15) is 11.6 Å². The van der Waals surface area contributed by atoms with Crippen LogP contribution in [0.15, 0.2) is 18.2 Å². The summed E-state index contributed by atoms with van der Waals surface area (Å²) in [6, 6.07) is 2.94. The minimum absolute atomic E-state index is 0.111. The zero-order valence-electron chi connectivity index (χ0n) is 11.6. The van der Waals surface area contributed by atoms with E-state index in [1.165, 1.54) is 6.42 Å². The Morgan fingerprint density at radius 1 is 1.11 bits per heavy atom. The fourth-order valence-electron chi connectivity index (χ4n) is 1.90. The van der Waals surface area contributed by atoms with Gasteiger partial charge in [-0.2, -0.15) is 0 Å². The maximum Gasteiger partial charge on any atom is 0.164 e. The van der Waals surface area contributed by atoms with Gasteiger partial charge in [-0.05, 0) is 32.1 Å². The van der Waals surface area contributed by atoms with E-state index in [9.17, 15) is 13.6 Å². The van der Waals surface area contributed by atoms with Crippen LogP contribution in [0.4, 0.5) is 8.78 Å². The molecule has 0 amide bonds. The van der Waals surface area contributed by atoms with E-state index < -0.39 is 11.6 Å². The Morgan fingerprint density at radius 3 is 2.32 bits per heavy atom. The molecule has 0 fully saturated rings. The number of hydrogen-bond donors (Lipinski definition) is 0. The summed E-state index contributed by atoms with van der Waals surface area (Å²) in [5.41, 5.74) is 0.111. The molecule has 0 aliphatic rings. The maximum atomic E-state index is 13.0. The Labute approximate surface area is 113 Å². The number of hydrogen-bond acceptors (Lipinski definition) is 2. The molecule has 1 aromatic carbocycles. The largest absolute Gasteiger partial charge is 0.306 e. The molecule has 2 nitrogen and oxygen atoms in total. The minimum atomic E-state index is -0.709. The van der Waals surface area contributed by atoms with Gasteiger partial charge in [0, 0.05) is 24.6 Å². The summed E-state index contributed by atoms with van der Waals surface area (Å²) in [5.74, 6) is -1.64. The molecule has 106 valence electrons. The van der Waals surface area contributed by atoms with Crippen LogP contribution in [0.1, 0.15) is 43.0 Å². The second-order valence-electron chi connectivity index (χ2n) is 4.84. The number of carbonyl (C=O) groups excluding carboxylic acids is 1. The number of carbonyl (C=O) groups is 1. The summed E-state index contributed by atoms with van der Waals surface area (Å²) in [5, 5.41) is 0. The molecule has 0 bridgehead atoms. The first-order valence-electron chi connectivity index (χ1n) is 6.70. The fourth-order valence-corrected chi connectivity index (χ4v) is 1.90. The molecule has 0 unspecified atom stereocenters. The molecular weight excluding hydrogens is 248 g/mol. The second-order valence-corrected chi connectivity index (χ2v) is 4.84. The van der Waals surface area contributed by atoms with Gasteiger partial charge in [0.05, 0.1) is 0 Å². The summed E-state index contributed by atoms with van der Waals surface area (Å²) in [6.45, 7) is 3.70. The number of unbranched alkanes of at least 4 members (excludes halogenated alkanes) is 2. The summed E-state index contributed by atoms with van der Waals surface area (Å²) in [4.78, 5) is 13.9. The van der Waals surface area contributed by atoms with Crippen molar-refractivity contribution in [3.63, 3.8) is 0 Å². The predicted octanol–water partition coefficient (Wildman–Crippen LogP) is 3.66. The molecule has 0 spiro atoms. The number of rotatable bonds is 8. The predicted molar refractivity (Wildman–Crippen MR) is 72.3 cm³/mol. The molecule has 0 aliphatic carbocycles. The van der Waals surface area contributed by atoms with Gasteiger partial charge in [-0.25, -0.2) is 8.78 Å². The van der Waals surface area contributed by atoms with E-state index in [1.807, 2.05) is 7.05 Å². The lowest BCUT2D eigenvalue weighted by molar-refractivity contribution is 0.0968. The van der Waals surface area contributed by atoms with Crippen LogP contribution in [0.3, 0.4) is 0 Å². The minimum Gasteiger partial charge on any atom is -0.306 e. The molecule has 1 rings (SSSR count). The van der Waals surface area contributed by atoms with Crippen molar-refractivity contribution in [1.82, 2.24) is 4.90 Å². The highest BCUT2D eigenvalue weighted by atomic mass is 19.1. The number of Topliss-reactive ketones (excluding diaryl/α,β-unsaturated/α-hetero) is 1. The molecule has 0 aliphatic heterocycles. The van der Waals surface area contributed by atoms with Gasteiger partial charge in [-0.3, -0.25) is 4.79 Å². The Balaban J connectivity index is 2.42. The molecule has 0 aromatic heterocycles. The highest BCUT2D eigenvalue weighted by Crippen LogP contribution is 2.10. The molecule has 0 N–H and O–H groups in total. The number of benzene rings is 1. The Kier molecular flexibility index (Phi) is 6.64. The van der Waals surface area contributed by atoms with Crippen LogP contribution in [-0.4, -0.2) is 30.8 Å². The SMILES string of the molecule is CCCCCN(C)CCC(=O)c1cc(F)cc(F)c1. The third-order valence-corrected chi connectivity index (χ3v) is 3.05. The number of halogens is 2.